The summed E-state index contributed by atoms with van der Waals surface area (Å²) in [6.45, 7) is 5.36. The smallest absolute Gasteiger partial charge is 0.253 e. The second-order valence-electron chi connectivity index (χ2n) is 8.67. The normalized spacial score (nSPS) is 26.6. The van der Waals surface area contributed by atoms with Crippen LogP contribution in [-0.2, 0) is 14.3 Å². The van der Waals surface area contributed by atoms with E-state index >= 15 is 0 Å². The number of piperidine rings is 1. The van der Waals surface area contributed by atoms with Gasteiger partial charge in [0.05, 0.1) is 12.1 Å². The molecule has 3 heterocycles. The molecule has 1 aromatic rings. The van der Waals surface area contributed by atoms with Gasteiger partial charge in [-0.1, -0.05) is 24.6 Å². The van der Waals surface area contributed by atoms with Crippen molar-refractivity contribution in [2.24, 2.45) is 0 Å². The fourth-order valence-electron chi connectivity index (χ4n) is 4.87. The third-order valence-electron chi connectivity index (χ3n) is 6.66. The number of nitrogens with zero attached hydrogens (tertiary/aromatic N) is 3. The summed E-state index contributed by atoms with van der Waals surface area (Å²) in [6, 6.07) is 9.83. The van der Waals surface area contributed by atoms with Crippen molar-refractivity contribution in [3.8, 4) is 0 Å². The van der Waals surface area contributed by atoms with Crippen LogP contribution in [0.3, 0.4) is 0 Å². The number of para-hydroxylation sites is 1. The van der Waals surface area contributed by atoms with Crippen LogP contribution in [0.25, 0.3) is 0 Å². The second kappa shape index (κ2) is 9.26. The highest BCUT2D eigenvalue weighted by atomic mass is 16.5. The van der Waals surface area contributed by atoms with E-state index < -0.39 is 0 Å². The summed E-state index contributed by atoms with van der Waals surface area (Å²) >= 11 is 0. The SMILES string of the molecule is O=C(CCN1CCCCC1)N1CCCC2(CC1)CN(c1ccccc1)C(=O)CO2. The maximum Gasteiger partial charge on any atom is 0.253 e. The lowest BCUT2D eigenvalue weighted by Gasteiger charge is -2.42. The first-order valence-corrected chi connectivity index (χ1v) is 11.1. The molecule has 6 nitrogen and oxygen atoms in total. The van der Waals surface area contributed by atoms with Crippen LogP contribution in [0.4, 0.5) is 5.69 Å². The van der Waals surface area contributed by atoms with Crippen LogP contribution in [0, 0.1) is 0 Å². The van der Waals surface area contributed by atoms with Crippen LogP contribution in [0.1, 0.15) is 44.9 Å². The molecule has 158 valence electrons. The van der Waals surface area contributed by atoms with Gasteiger partial charge in [-0.3, -0.25) is 9.59 Å². The van der Waals surface area contributed by atoms with Crippen LogP contribution in [0.5, 0.6) is 0 Å². The Morgan fingerprint density at radius 1 is 0.966 bits per heavy atom. The third-order valence-corrected chi connectivity index (χ3v) is 6.66. The molecule has 0 radical (unpaired) electrons. The number of hydrogen-bond donors (Lipinski definition) is 0. The topological polar surface area (TPSA) is 53.1 Å². The predicted molar refractivity (Wildman–Crippen MR) is 113 cm³/mol. The summed E-state index contributed by atoms with van der Waals surface area (Å²) in [6.07, 6.45) is 7.05. The highest BCUT2D eigenvalue weighted by Gasteiger charge is 2.41. The standard InChI is InChI=1S/C23H33N3O3/c27-21(10-16-24-13-5-2-6-14-24)25-15-7-11-23(12-17-25)19-26(22(28)18-29-23)20-8-3-1-4-9-20/h1,3-4,8-9H,2,5-7,10-19H2. The molecular weight excluding hydrogens is 366 g/mol. The maximum atomic E-state index is 12.8. The van der Waals surface area contributed by atoms with E-state index in [1.54, 1.807) is 0 Å². The van der Waals surface area contributed by atoms with Crippen LogP contribution < -0.4 is 4.90 Å². The van der Waals surface area contributed by atoms with E-state index in [4.69, 9.17) is 4.74 Å². The van der Waals surface area contributed by atoms with Crippen molar-refractivity contribution < 1.29 is 14.3 Å². The van der Waals surface area contributed by atoms with E-state index in [0.29, 0.717) is 13.0 Å². The van der Waals surface area contributed by atoms with Crippen molar-refractivity contribution in [1.29, 1.82) is 0 Å². The van der Waals surface area contributed by atoms with Crippen molar-refractivity contribution >= 4 is 17.5 Å². The highest BCUT2D eigenvalue weighted by molar-refractivity contribution is 5.95. The number of likely N-dealkylation sites (tertiary alicyclic amines) is 2. The number of ether oxygens (including phenoxy) is 1. The molecule has 0 aromatic heterocycles. The fraction of sp³-hybridized carbons (Fsp3) is 0.652. The highest BCUT2D eigenvalue weighted by Crippen LogP contribution is 2.33. The van der Waals surface area contributed by atoms with E-state index in [1.165, 1.54) is 19.3 Å². The fourth-order valence-corrected chi connectivity index (χ4v) is 4.87. The number of rotatable bonds is 4. The Kier molecular flexibility index (Phi) is 6.50. The van der Waals surface area contributed by atoms with E-state index in [1.807, 2.05) is 40.1 Å². The number of amides is 2. The molecule has 6 heteroatoms. The molecule has 0 N–H and O–H groups in total. The number of hydrogen-bond acceptors (Lipinski definition) is 4. The quantitative estimate of drug-likeness (QED) is 0.781. The van der Waals surface area contributed by atoms with Crippen molar-refractivity contribution in [1.82, 2.24) is 9.80 Å². The number of carbonyl (C=O) groups excluding carboxylic acids is 2. The lowest BCUT2D eigenvalue weighted by atomic mass is 9.92. The summed E-state index contributed by atoms with van der Waals surface area (Å²) in [5.41, 5.74) is 0.588. The van der Waals surface area contributed by atoms with Gasteiger partial charge in [0, 0.05) is 31.7 Å². The molecule has 3 saturated heterocycles. The molecule has 4 rings (SSSR count). The summed E-state index contributed by atoms with van der Waals surface area (Å²) in [7, 11) is 0. The zero-order chi connectivity index (χ0) is 20.1. The molecule has 1 unspecified atom stereocenters. The van der Waals surface area contributed by atoms with E-state index in [9.17, 15) is 9.59 Å². The summed E-state index contributed by atoms with van der Waals surface area (Å²) in [5, 5.41) is 0. The predicted octanol–water partition coefficient (Wildman–Crippen LogP) is 2.68. The first kappa shape index (κ1) is 20.4. The molecule has 29 heavy (non-hydrogen) atoms. The van der Waals surface area contributed by atoms with Gasteiger partial charge in [0.1, 0.15) is 6.61 Å². The first-order chi connectivity index (χ1) is 14.2. The second-order valence-corrected chi connectivity index (χ2v) is 8.67. The Hall–Kier alpha value is -1.92. The molecule has 3 aliphatic rings. The Bertz CT molecular complexity index is 705. The minimum atomic E-state index is -0.342. The van der Waals surface area contributed by atoms with Crippen molar-refractivity contribution in [2.45, 2.75) is 50.5 Å². The summed E-state index contributed by atoms with van der Waals surface area (Å²) < 4.78 is 6.10. The molecular formula is C23H33N3O3. The average Bonchev–Trinajstić information content (AvgIpc) is 2.98. The van der Waals surface area contributed by atoms with Gasteiger partial charge < -0.3 is 19.4 Å². The van der Waals surface area contributed by atoms with Gasteiger partial charge in [-0.25, -0.2) is 0 Å². The zero-order valence-corrected chi connectivity index (χ0v) is 17.4. The molecule has 2 amide bonds. The van der Waals surface area contributed by atoms with Gasteiger partial charge in [-0.2, -0.15) is 0 Å². The molecule has 1 atom stereocenters. The minimum absolute atomic E-state index is 0.0144. The number of carbonyl (C=O) groups is 2. The number of morpholine rings is 1. The lowest BCUT2D eigenvalue weighted by molar-refractivity contribution is -0.141. The van der Waals surface area contributed by atoms with E-state index in [-0.39, 0.29) is 24.0 Å². The van der Waals surface area contributed by atoms with Gasteiger partial charge in [0.2, 0.25) is 5.91 Å². The van der Waals surface area contributed by atoms with Crippen LogP contribution in [0.15, 0.2) is 30.3 Å². The first-order valence-electron chi connectivity index (χ1n) is 11.1. The van der Waals surface area contributed by atoms with Crippen molar-refractivity contribution in [3.63, 3.8) is 0 Å². The molecule has 0 bridgehead atoms. The molecule has 1 aromatic carbocycles. The Balaban J connectivity index is 1.34. The molecule has 0 saturated carbocycles. The Morgan fingerprint density at radius 2 is 1.76 bits per heavy atom. The summed E-state index contributed by atoms with van der Waals surface area (Å²) in [4.78, 5) is 31.5. The molecule has 1 spiro atoms. The number of anilines is 1. The van der Waals surface area contributed by atoms with E-state index in [2.05, 4.69) is 4.90 Å². The van der Waals surface area contributed by atoms with E-state index in [0.717, 1.165) is 57.7 Å². The van der Waals surface area contributed by atoms with Crippen LogP contribution in [0.2, 0.25) is 0 Å². The van der Waals surface area contributed by atoms with Gasteiger partial charge >= 0.3 is 0 Å². The Morgan fingerprint density at radius 3 is 2.55 bits per heavy atom. The van der Waals surface area contributed by atoms with Crippen LogP contribution in [-0.4, -0.2) is 73.1 Å². The molecule has 3 fully saturated rings. The minimum Gasteiger partial charge on any atom is -0.363 e. The molecule has 0 aliphatic carbocycles. The third kappa shape index (κ3) is 4.98. The average molecular weight is 400 g/mol. The zero-order valence-electron chi connectivity index (χ0n) is 17.4. The Labute approximate surface area is 173 Å². The summed E-state index contributed by atoms with van der Waals surface area (Å²) in [5.74, 6) is 0.278. The van der Waals surface area contributed by atoms with Crippen molar-refractivity contribution in [3.05, 3.63) is 30.3 Å². The van der Waals surface area contributed by atoms with Gasteiger partial charge in [-0.15, -0.1) is 0 Å². The van der Waals surface area contributed by atoms with Gasteiger partial charge in [0.25, 0.3) is 5.91 Å². The van der Waals surface area contributed by atoms with Gasteiger partial charge in [0.15, 0.2) is 0 Å². The van der Waals surface area contributed by atoms with Crippen molar-refractivity contribution in [2.75, 3.05) is 50.8 Å². The molecule has 3 aliphatic heterocycles. The van der Waals surface area contributed by atoms with Crippen LogP contribution >= 0.6 is 0 Å². The largest absolute Gasteiger partial charge is 0.363 e. The monoisotopic (exact) mass is 399 g/mol. The maximum absolute atomic E-state index is 12.8. The lowest BCUT2D eigenvalue weighted by Crippen LogP contribution is -2.55. The van der Waals surface area contributed by atoms with Gasteiger partial charge in [-0.05, 0) is 57.3 Å². The number of benzene rings is 1.